The average Bonchev–Trinajstić information content (AvgIpc) is 3.37. The van der Waals surface area contributed by atoms with E-state index in [1.165, 1.54) is 0 Å². The van der Waals surface area contributed by atoms with Gasteiger partial charge in [0.05, 0.1) is 5.56 Å². The van der Waals surface area contributed by atoms with Crippen molar-refractivity contribution in [1.82, 2.24) is 9.88 Å². The van der Waals surface area contributed by atoms with Gasteiger partial charge in [-0.25, -0.2) is 4.79 Å². The minimum absolute atomic E-state index is 0.113. The Morgan fingerprint density at radius 3 is 2.67 bits per heavy atom. The number of anilines is 2. The molecular weight excluding hydrogens is 360 g/mol. The first kappa shape index (κ1) is 17.4. The Labute approximate surface area is 161 Å². The van der Waals surface area contributed by atoms with Crippen molar-refractivity contribution in [3.8, 4) is 5.00 Å². The molecule has 7 heteroatoms. The molecule has 2 N–H and O–H groups in total. The van der Waals surface area contributed by atoms with Crippen molar-refractivity contribution >= 4 is 34.6 Å². The van der Waals surface area contributed by atoms with E-state index in [2.05, 4.69) is 10.6 Å². The van der Waals surface area contributed by atoms with Crippen molar-refractivity contribution in [2.24, 2.45) is 0 Å². The van der Waals surface area contributed by atoms with Crippen molar-refractivity contribution in [2.75, 3.05) is 23.3 Å². The van der Waals surface area contributed by atoms with Gasteiger partial charge in [-0.1, -0.05) is 6.07 Å². The van der Waals surface area contributed by atoms with E-state index in [0.717, 1.165) is 21.1 Å². The van der Waals surface area contributed by atoms with Gasteiger partial charge in [0.2, 0.25) is 0 Å². The van der Waals surface area contributed by atoms with Crippen LogP contribution in [0.1, 0.15) is 20.8 Å². The minimum atomic E-state index is -0.149. The zero-order valence-corrected chi connectivity index (χ0v) is 16.0. The van der Waals surface area contributed by atoms with Crippen LogP contribution in [-0.2, 0) is 0 Å². The Balaban J connectivity index is 1.63. The lowest BCUT2D eigenvalue weighted by molar-refractivity contribution is 0.102. The quantitative estimate of drug-likeness (QED) is 0.720. The fourth-order valence-corrected chi connectivity index (χ4v) is 4.31. The summed E-state index contributed by atoms with van der Waals surface area (Å²) in [7, 11) is 0. The Hall–Kier alpha value is -3.06. The van der Waals surface area contributed by atoms with Gasteiger partial charge in [-0.2, -0.15) is 0 Å². The largest absolute Gasteiger partial charge is 0.336 e. The second-order valence-corrected chi connectivity index (χ2v) is 7.64. The zero-order chi connectivity index (χ0) is 19.0. The molecule has 0 bridgehead atoms. The number of nitrogens with zero attached hydrogens (tertiary/aromatic N) is 2. The number of carbonyl (C=O) groups is 2. The van der Waals surface area contributed by atoms with Crippen molar-refractivity contribution in [3.63, 3.8) is 0 Å². The van der Waals surface area contributed by atoms with E-state index in [1.54, 1.807) is 16.2 Å². The van der Waals surface area contributed by atoms with Gasteiger partial charge < -0.3 is 15.2 Å². The fraction of sp³-hybridized carbons (Fsp3) is 0.200. The van der Waals surface area contributed by atoms with Crippen LogP contribution in [0, 0.1) is 13.8 Å². The van der Waals surface area contributed by atoms with Crippen LogP contribution < -0.4 is 15.5 Å². The molecule has 3 amide bonds. The van der Waals surface area contributed by atoms with E-state index in [9.17, 15) is 9.59 Å². The third-order valence-corrected chi connectivity index (χ3v) is 5.93. The van der Waals surface area contributed by atoms with Crippen LogP contribution in [0.2, 0.25) is 0 Å². The Kier molecular flexibility index (Phi) is 4.45. The van der Waals surface area contributed by atoms with Gasteiger partial charge in [0.15, 0.2) is 0 Å². The molecule has 1 saturated heterocycles. The second kappa shape index (κ2) is 6.92. The molecule has 4 rings (SSSR count). The molecule has 2 aromatic heterocycles. The number of nitrogens with one attached hydrogen (secondary N) is 2. The molecule has 0 aliphatic carbocycles. The van der Waals surface area contributed by atoms with Gasteiger partial charge in [0.1, 0.15) is 5.00 Å². The third-order valence-electron chi connectivity index (χ3n) is 4.71. The molecule has 0 saturated carbocycles. The van der Waals surface area contributed by atoms with Crippen LogP contribution >= 0.6 is 11.3 Å². The van der Waals surface area contributed by atoms with Crippen molar-refractivity contribution in [2.45, 2.75) is 13.8 Å². The number of thiophene rings is 1. The molecule has 0 atom stereocenters. The van der Waals surface area contributed by atoms with Crippen LogP contribution in [0.25, 0.3) is 5.00 Å². The van der Waals surface area contributed by atoms with Crippen LogP contribution in [0.4, 0.5) is 16.2 Å². The van der Waals surface area contributed by atoms with Gasteiger partial charge in [0.25, 0.3) is 5.91 Å². The number of hydrogen-bond donors (Lipinski definition) is 2. The van der Waals surface area contributed by atoms with E-state index in [-0.39, 0.29) is 11.9 Å². The first-order valence-electron chi connectivity index (χ1n) is 8.74. The molecule has 3 heterocycles. The molecule has 3 aromatic rings. The van der Waals surface area contributed by atoms with Gasteiger partial charge in [0, 0.05) is 41.7 Å². The lowest BCUT2D eigenvalue weighted by Crippen LogP contribution is -2.27. The maximum absolute atomic E-state index is 13.1. The van der Waals surface area contributed by atoms with E-state index >= 15 is 0 Å². The molecule has 1 aliphatic rings. The van der Waals surface area contributed by atoms with Crippen LogP contribution in [0.15, 0.2) is 48.8 Å². The third kappa shape index (κ3) is 3.21. The number of carbonyl (C=O) groups excluding carboxylic acids is 2. The number of aromatic nitrogens is 1. The summed E-state index contributed by atoms with van der Waals surface area (Å²) in [5.74, 6) is -0.149. The predicted octanol–water partition coefficient (Wildman–Crippen LogP) is 3.94. The Morgan fingerprint density at radius 1 is 1.19 bits per heavy atom. The number of benzene rings is 1. The zero-order valence-electron chi connectivity index (χ0n) is 15.2. The Bertz CT molecular complexity index is 1010. The molecule has 1 aromatic carbocycles. The summed E-state index contributed by atoms with van der Waals surface area (Å²) in [4.78, 5) is 27.7. The second-order valence-electron chi connectivity index (χ2n) is 6.44. The van der Waals surface area contributed by atoms with Crippen LogP contribution in [0.3, 0.4) is 0 Å². The predicted molar refractivity (Wildman–Crippen MR) is 108 cm³/mol. The summed E-state index contributed by atoms with van der Waals surface area (Å²) in [5.41, 5.74) is 3.10. The highest BCUT2D eigenvalue weighted by Crippen LogP contribution is 2.32. The SMILES string of the molecule is Cc1sc(-n2cccc2)c(C(=O)Nc2cccc(N3CCNC3=O)c2)c1C. The maximum Gasteiger partial charge on any atom is 0.321 e. The number of amides is 3. The van der Waals surface area contributed by atoms with Crippen molar-refractivity contribution < 1.29 is 9.59 Å². The highest BCUT2D eigenvalue weighted by molar-refractivity contribution is 7.15. The highest BCUT2D eigenvalue weighted by Gasteiger charge is 2.23. The minimum Gasteiger partial charge on any atom is -0.336 e. The summed E-state index contributed by atoms with van der Waals surface area (Å²) in [6.45, 7) is 5.25. The van der Waals surface area contributed by atoms with Gasteiger partial charge >= 0.3 is 6.03 Å². The normalized spacial score (nSPS) is 13.7. The molecular formula is C20H20N4O2S. The standard InChI is InChI=1S/C20H20N4O2S/c1-13-14(2)27-19(23-9-3-4-10-23)17(13)18(25)22-15-6-5-7-16(12-15)24-11-8-21-20(24)26/h3-7,9-10,12H,8,11H2,1-2H3,(H,21,26)(H,22,25). The molecule has 6 nitrogen and oxygen atoms in total. The fourth-order valence-electron chi connectivity index (χ4n) is 3.19. The smallest absolute Gasteiger partial charge is 0.321 e. The number of rotatable bonds is 4. The number of hydrogen-bond acceptors (Lipinski definition) is 3. The lowest BCUT2D eigenvalue weighted by Gasteiger charge is -2.16. The maximum atomic E-state index is 13.1. The molecule has 1 fully saturated rings. The van der Waals surface area contributed by atoms with Crippen molar-refractivity contribution in [3.05, 3.63) is 64.8 Å². The summed E-state index contributed by atoms with van der Waals surface area (Å²) < 4.78 is 1.96. The molecule has 1 aliphatic heterocycles. The first-order valence-corrected chi connectivity index (χ1v) is 9.56. The first-order chi connectivity index (χ1) is 13.0. The molecule has 0 spiro atoms. The average molecular weight is 380 g/mol. The summed E-state index contributed by atoms with van der Waals surface area (Å²) in [6, 6.07) is 11.1. The monoisotopic (exact) mass is 380 g/mol. The van der Waals surface area contributed by atoms with Gasteiger partial charge in [-0.3, -0.25) is 9.69 Å². The van der Waals surface area contributed by atoms with E-state index in [1.807, 2.05) is 67.2 Å². The van der Waals surface area contributed by atoms with Crippen LogP contribution in [-0.4, -0.2) is 29.6 Å². The number of urea groups is 1. The van der Waals surface area contributed by atoms with E-state index in [0.29, 0.717) is 24.3 Å². The van der Waals surface area contributed by atoms with E-state index < -0.39 is 0 Å². The molecule has 0 radical (unpaired) electrons. The van der Waals surface area contributed by atoms with E-state index in [4.69, 9.17) is 0 Å². The lowest BCUT2D eigenvalue weighted by atomic mass is 10.1. The van der Waals surface area contributed by atoms with Crippen LogP contribution in [0.5, 0.6) is 0 Å². The summed E-state index contributed by atoms with van der Waals surface area (Å²) in [6.07, 6.45) is 3.88. The van der Waals surface area contributed by atoms with Crippen molar-refractivity contribution in [1.29, 1.82) is 0 Å². The summed E-state index contributed by atoms with van der Waals surface area (Å²) in [5, 5.41) is 6.68. The highest BCUT2D eigenvalue weighted by atomic mass is 32.1. The summed E-state index contributed by atoms with van der Waals surface area (Å²) >= 11 is 1.60. The Morgan fingerprint density at radius 2 is 1.96 bits per heavy atom. The van der Waals surface area contributed by atoms with Gasteiger partial charge in [-0.05, 0) is 49.7 Å². The molecule has 0 unspecified atom stereocenters. The molecule has 27 heavy (non-hydrogen) atoms. The number of aryl methyl sites for hydroxylation is 1. The molecule has 138 valence electrons. The topological polar surface area (TPSA) is 66.4 Å². The van der Waals surface area contributed by atoms with Gasteiger partial charge in [-0.15, -0.1) is 11.3 Å².